The summed E-state index contributed by atoms with van der Waals surface area (Å²) in [5.41, 5.74) is 1.33. The van der Waals surface area contributed by atoms with Crippen molar-refractivity contribution >= 4 is 5.91 Å². The topological polar surface area (TPSA) is 23.6 Å². The number of hydrogen-bond acceptors (Lipinski definition) is 2. The van der Waals surface area contributed by atoms with Crippen LogP contribution in [0.1, 0.15) is 48.9 Å². The van der Waals surface area contributed by atoms with E-state index in [-0.39, 0.29) is 5.91 Å². The van der Waals surface area contributed by atoms with Crippen molar-refractivity contribution in [2.45, 2.75) is 44.1 Å². The lowest BCUT2D eigenvalue weighted by Gasteiger charge is -2.61. The monoisotopic (exact) mass is 324 g/mol. The summed E-state index contributed by atoms with van der Waals surface area (Å²) in [6.45, 7) is 3.94. The Bertz CT molecular complexity index is 583. The summed E-state index contributed by atoms with van der Waals surface area (Å²) >= 11 is 0. The quantitative estimate of drug-likeness (QED) is 0.832. The Labute approximate surface area is 145 Å². The van der Waals surface area contributed by atoms with Crippen LogP contribution in [-0.4, -0.2) is 47.4 Å². The van der Waals surface area contributed by atoms with E-state index < -0.39 is 0 Å². The van der Waals surface area contributed by atoms with Gasteiger partial charge in [-0.3, -0.25) is 9.69 Å². The SMILES string of the molecule is O=C(c1ccccc1)N1CCN(C23CC4CC(CC(C4)C2)C3)CC1. The molecule has 1 aromatic carbocycles. The number of nitrogens with zero attached hydrogens (tertiary/aromatic N) is 2. The van der Waals surface area contributed by atoms with E-state index in [1.165, 1.54) is 38.5 Å². The minimum atomic E-state index is 0.209. The molecule has 5 aliphatic rings. The van der Waals surface area contributed by atoms with Crippen molar-refractivity contribution in [1.29, 1.82) is 0 Å². The van der Waals surface area contributed by atoms with E-state index in [9.17, 15) is 4.79 Å². The maximum absolute atomic E-state index is 12.7. The molecule has 128 valence electrons. The van der Waals surface area contributed by atoms with Crippen molar-refractivity contribution in [2.24, 2.45) is 17.8 Å². The fraction of sp³-hybridized carbons (Fsp3) is 0.667. The zero-order valence-corrected chi connectivity index (χ0v) is 14.5. The van der Waals surface area contributed by atoms with Crippen molar-refractivity contribution in [2.75, 3.05) is 26.2 Å². The lowest BCUT2D eigenvalue weighted by atomic mass is 9.52. The van der Waals surface area contributed by atoms with Gasteiger partial charge >= 0.3 is 0 Å². The van der Waals surface area contributed by atoms with Gasteiger partial charge in [0.05, 0.1) is 0 Å². The molecule has 0 unspecified atom stereocenters. The van der Waals surface area contributed by atoms with Gasteiger partial charge in [-0.05, 0) is 68.4 Å². The van der Waals surface area contributed by atoms with E-state index in [0.717, 1.165) is 49.5 Å². The van der Waals surface area contributed by atoms with Gasteiger partial charge in [0.1, 0.15) is 0 Å². The molecule has 0 radical (unpaired) electrons. The third-order valence-corrected chi connectivity index (χ3v) is 7.26. The molecule has 6 rings (SSSR count). The molecule has 1 aromatic rings. The Morgan fingerprint density at radius 2 is 1.38 bits per heavy atom. The van der Waals surface area contributed by atoms with Crippen LogP contribution in [0, 0.1) is 17.8 Å². The molecule has 4 bridgehead atoms. The highest BCUT2D eigenvalue weighted by Gasteiger charge is 2.53. The number of benzene rings is 1. The maximum atomic E-state index is 12.7. The Morgan fingerprint density at radius 3 is 1.92 bits per heavy atom. The molecule has 0 N–H and O–H groups in total. The summed E-state index contributed by atoms with van der Waals surface area (Å²) < 4.78 is 0. The van der Waals surface area contributed by atoms with Gasteiger partial charge in [0.2, 0.25) is 0 Å². The third-order valence-electron chi connectivity index (χ3n) is 7.26. The molecule has 3 nitrogen and oxygen atoms in total. The Kier molecular flexibility index (Phi) is 3.48. The number of rotatable bonds is 2. The second-order valence-electron chi connectivity index (χ2n) is 8.79. The van der Waals surface area contributed by atoms with Gasteiger partial charge in [0.25, 0.3) is 5.91 Å². The number of carbonyl (C=O) groups is 1. The first-order chi connectivity index (χ1) is 11.7. The zero-order valence-electron chi connectivity index (χ0n) is 14.5. The van der Waals surface area contributed by atoms with Crippen LogP contribution in [0.25, 0.3) is 0 Å². The molecule has 0 spiro atoms. The second-order valence-corrected chi connectivity index (χ2v) is 8.79. The number of carbonyl (C=O) groups excluding carboxylic acids is 1. The fourth-order valence-electron chi connectivity index (χ4n) is 6.60. The molecule has 24 heavy (non-hydrogen) atoms. The maximum Gasteiger partial charge on any atom is 0.253 e. The third kappa shape index (κ3) is 2.40. The Hall–Kier alpha value is -1.35. The average Bonchev–Trinajstić information content (AvgIpc) is 2.61. The van der Waals surface area contributed by atoms with Gasteiger partial charge in [-0.2, -0.15) is 0 Å². The first-order valence-electron chi connectivity index (χ1n) is 9.81. The van der Waals surface area contributed by atoms with Crippen LogP contribution in [0.5, 0.6) is 0 Å². The van der Waals surface area contributed by atoms with Gasteiger partial charge in [0.15, 0.2) is 0 Å². The van der Waals surface area contributed by atoms with Crippen LogP contribution in [0.3, 0.4) is 0 Å². The molecule has 4 saturated carbocycles. The lowest BCUT2D eigenvalue weighted by Crippen LogP contribution is -2.64. The molecule has 1 saturated heterocycles. The minimum Gasteiger partial charge on any atom is -0.336 e. The molecular weight excluding hydrogens is 296 g/mol. The molecule has 1 aliphatic heterocycles. The van der Waals surface area contributed by atoms with Crippen molar-refractivity contribution in [3.63, 3.8) is 0 Å². The van der Waals surface area contributed by atoms with Crippen molar-refractivity contribution < 1.29 is 4.79 Å². The molecular formula is C21H28N2O. The van der Waals surface area contributed by atoms with E-state index in [2.05, 4.69) is 9.80 Å². The Balaban J connectivity index is 1.27. The lowest BCUT2D eigenvalue weighted by molar-refractivity contribution is -0.0987. The van der Waals surface area contributed by atoms with Crippen LogP contribution < -0.4 is 0 Å². The van der Waals surface area contributed by atoms with E-state index in [1.54, 1.807) is 0 Å². The molecule has 0 aromatic heterocycles. The summed E-state index contributed by atoms with van der Waals surface area (Å²) in [4.78, 5) is 17.5. The molecule has 5 fully saturated rings. The van der Waals surface area contributed by atoms with Crippen LogP contribution in [-0.2, 0) is 0 Å². The molecule has 4 aliphatic carbocycles. The average molecular weight is 324 g/mol. The minimum absolute atomic E-state index is 0.209. The predicted molar refractivity (Wildman–Crippen MR) is 94.8 cm³/mol. The van der Waals surface area contributed by atoms with Crippen molar-refractivity contribution in [3.05, 3.63) is 35.9 Å². The zero-order chi connectivity index (χ0) is 16.1. The first kappa shape index (κ1) is 14.9. The highest BCUT2D eigenvalue weighted by molar-refractivity contribution is 5.94. The molecule has 0 atom stereocenters. The number of piperazine rings is 1. The van der Waals surface area contributed by atoms with Crippen LogP contribution >= 0.6 is 0 Å². The van der Waals surface area contributed by atoms with Crippen molar-refractivity contribution in [3.8, 4) is 0 Å². The van der Waals surface area contributed by atoms with Crippen LogP contribution in [0.15, 0.2) is 30.3 Å². The number of hydrogen-bond donors (Lipinski definition) is 0. The summed E-state index contributed by atoms with van der Waals surface area (Å²) in [7, 11) is 0. The van der Waals surface area contributed by atoms with Gasteiger partial charge in [-0.1, -0.05) is 18.2 Å². The van der Waals surface area contributed by atoms with Crippen LogP contribution in [0.2, 0.25) is 0 Å². The second kappa shape index (κ2) is 5.59. The predicted octanol–water partition coefficient (Wildman–Crippen LogP) is 3.41. The summed E-state index contributed by atoms with van der Waals surface area (Å²) in [6, 6.07) is 9.77. The molecule has 1 amide bonds. The standard InChI is InChI=1S/C21H28N2O/c24-20(19-4-2-1-3-5-19)22-6-8-23(9-7-22)21-13-16-10-17(14-21)12-18(11-16)15-21/h1-5,16-18H,6-15H2. The number of amides is 1. The summed E-state index contributed by atoms with van der Waals surface area (Å²) in [5.74, 6) is 3.21. The van der Waals surface area contributed by atoms with E-state index in [0.29, 0.717) is 5.54 Å². The van der Waals surface area contributed by atoms with E-state index in [1.807, 2.05) is 30.3 Å². The highest BCUT2D eigenvalue weighted by Crippen LogP contribution is 2.57. The largest absolute Gasteiger partial charge is 0.336 e. The smallest absolute Gasteiger partial charge is 0.253 e. The van der Waals surface area contributed by atoms with Gasteiger partial charge < -0.3 is 4.90 Å². The first-order valence-corrected chi connectivity index (χ1v) is 9.81. The fourth-order valence-corrected chi connectivity index (χ4v) is 6.60. The Morgan fingerprint density at radius 1 is 0.833 bits per heavy atom. The normalized spacial score (nSPS) is 38.5. The summed E-state index contributed by atoms with van der Waals surface area (Å²) in [5, 5.41) is 0. The van der Waals surface area contributed by atoms with Gasteiger partial charge in [-0.25, -0.2) is 0 Å². The van der Waals surface area contributed by atoms with E-state index >= 15 is 0 Å². The highest BCUT2D eigenvalue weighted by atomic mass is 16.2. The van der Waals surface area contributed by atoms with Crippen LogP contribution in [0.4, 0.5) is 0 Å². The molecule has 1 heterocycles. The van der Waals surface area contributed by atoms with Gasteiger partial charge in [-0.15, -0.1) is 0 Å². The van der Waals surface area contributed by atoms with Crippen molar-refractivity contribution in [1.82, 2.24) is 9.80 Å². The summed E-state index contributed by atoms with van der Waals surface area (Å²) in [6.07, 6.45) is 8.83. The van der Waals surface area contributed by atoms with Gasteiger partial charge in [0, 0.05) is 37.3 Å². The molecule has 3 heteroatoms. The van der Waals surface area contributed by atoms with E-state index in [4.69, 9.17) is 0 Å².